The van der Waals surface area contributed by atoms with Crippen molar-refractivity contribution in [3.8, 4) is 0 Å². The molecule has 0 aliphatic carbocycles. The average Bonchev–Trinajstić information content (AvgIpc) is 3.11. The predicted molar refractivity (Wildman–Crippen MR) is 96.5 cm³/mol. The minimum Gasteiger partial charge on any atom is -0.350 e. The molecule has 3 nitrogen and oxygen atoms in total. The summed E-state index contributed by atoms with van der Waals surface area (Å²) in [6, 6.07) is 18.2. The summed E-state index contributed by atoms with van der Waals surface area (Å²) in [4.78, 5) is 14.8. The number of hydrogen-bond donors (Lipinski definition) is 1. The Labute approximate surface area is 145 Å². The maximum atomic E-state index is 12.4. The third-order valence-electron chi connectivity index (χ3n) is 4.33. The van der Waals surface area contributed by atoms with E-state index in [-0.39, 0.29) is 11.9 Å². The van der Waals surface area contributed by atoms with Gasteiger partial charge >= 0.3 is 0 Å². The van der Waals surface area contributed by atoms with Crippen LogP contribution in [0.2, 0.25) is 0 Å². The Bertz CT molecular complexity index is 636. The SMILES string of the molecule is O=C(NC[C@H](c1ccccc1)N1CCCC1)c1ccc(Br)cc1. The molecule has 1 aliphatic heterocycles. The van der Waals surface area contributed by atoms with Gasteiger partial charge in [0.1, 0.15) is 0 Å². The highest BCUT2D eigenvalue weighted by molar-refractivity contribution is 9.10. The summed E-state index contributed by atoms with van der Waals surface area (Å²) in [5, 5.41) is 3.10. The van der Waals surface area contributed by atoms with Gasteiger partial charge < -0.3 is 5.32 Å². The van der Waals surface area contributed by atoms with Crippen LogP contribution in [0.3, 0.4) is 0 Å². The molecule has 3 rings (SSSR count). The van der Waals surface area contributed by atoms with Crippen LogP contribution in [0.1, 0.15) is 34.8 Å². The largest absolute Gasteiger partial charge is 0.350 e. The molecule has 1 atom stereocenters. The van der Waals surface area contributed by atoms with Gasteiger partial charge in [0.05, 0.1) is 6.04 Å². The van der Waals surface area contributed by atoms with Gasteiger partial charge in [-0.05, 0) is 55.8 Å². The van der Waals surface area contributed by atoms with Crippen LogP contribution in [-0.4, -0.2) is 30.4 Å². The molecule has 2 aromatic rings. The normalized spacial score (nSPS) is 16.2. The van der Waals surface area contributed by atoms with Gasteiger partial charge in [-0.25, -0.2) is 0 Å². The van der Waals surface area contributed by atoms with Gasteiger partial charge in [0.25, 0.3) is 5.91 Å². The van der Waals surface area contributed by atoms with Crippen LogP contribution >= 0.6 is 15.9 Å². The Morgan fingerprint density at radius 1 is 1.04 bits per heavy atom. The molecule has 2 aromatic carbocycles. The lowest BCUT2D eigenvalue weighted by Crippen LogP contribution is -2.36. The molecule has 1 saturated heterocycles. The van der Waals surface area contributed by atoms with Gasteiger partial charge in [-0.3, -0.25) is 9.69 Å². The quantitative estimate of drug-likeness (QED) is 0.859. The van der Waals surface area contributed by atoms with E-state index in [1.807, 2.05) is 30.3 Å². The summed E-state index contributed by atoms with van der Waals surface area (Å²) < 4.78 is 0.980. The Hall–Kier alpha value is -1.65. The van der Waals surface area contributed by atoms with Crippen LogP contribution in [0.5, 0.6) is 0 Å². The zero-order chi connectivity index (χ0) is 16.1. The van der Waals surface area contributed by atoms with E-state index in [0.29, 0.717) is 12.1 Å². The zero-order valence-corrected chi connectivity index (χ0v) is 14.6. The third-order valence-corrected chi connectivity index (χ3v) is 4.86. The number of nitrogens with zero attached hydrogens (tertiary/aromatic N) is 1. The predicted octanol–water partition coefficient (Wildman–Crippen LogP) is 4.02. The maximum absolute atomic E-state index is 12.4. The molecule has 0 radical (unpaired) electrons. The molecule has 0 saturated carbocycles. The number of amides is 1. The van der Waals surface area contributed by atoms with Gasteiger partial charge in [0.2, 0.25) is 0 Å². The van der Waals surface area contributed by atoms with Crippen molar-refractivity contribution in [3.05, 3.63) is 70.2 Å². The highest BCUT2D eigenvalue weighted by atomic mass is 79.9. The summed E-state index contributed by atoms with van der Waals surface area (Å²) in [7, 11) is 0. The van der Waals surface area contributed by atoms with Crippen LogP contribution in [0.4, 0.5) is 0 Å². The van der Waals surface area contributed by atoms with Crippen molar-refractivity contribution in [1.29, 1.82) is 0 Å². The fourth-order valence-corrected chi connectivity index (χ4v) is 3.34. The maximum Gasteiger partial charge on any atom is 0.251 e. The summed E-state index contributed by atoms with van der Waals surface area (Å²) in [5.41, 5.74) is 1.96. The standard InChI is InChI=1S/C19H21BrN2O/c20-17-10-8-16(9-11-17)19(23)21-14-18(22-12-4-5-13-22)15-6-2-1-3-7-15/h1-3,6-11,18H,4-5,12-14H2,(H,21,23)/t18-/m1/s1. The van der Waals surface area contributed by atoms with E-state index in [2.05, 4.69) is 50.4 Å². The van der Waals surface area contributed by atoms with Crippen LogP contribution in [0.15, 0.2) is 59.1 Å². The molecule has 0 aromatic heterocycles. The van der Waals surface area contributed by atoms with E-state index >= 15 is 0 Å². The molecular formula is C19H21BrN2O. The molecule has 1 heterocycles. The van der Waals surface area contributed by atoms with Crippen LogP contribution in [-0.2, 0) is 0 Å². The van der Waals surface area contributed by atoms with Crippen molar-refractivity contribution in [2.24, 2.45) is 0 Å². The van der Waals surface area contributed by atoms with Crippen molar-refractivity contribution < 1.29 is 4.79 Å². The molecule has 1 N–H and O–H groups in total. The minimum absolute atomic E-state index is 0.0161. The monoisotopic (exact) mass is 372 g/mol. The Balaban J connectivity index is 1.69. The Morgan fingerprint density at radius 3 is 2.35 bits per heavy atom. The van der Waals surface area contributed by atoms with E-state index in [1.54, 1.807) is 0 Å². The molecule has 120 valence electrons. The number of rotatable bonds is 5. The second-order valence-corrected chi connectivity index (χ2v) is 6.80. The first-order valence-electron chi connectivity index (χ1n) is 8.07. The average molecular weight is 373 g/mol. The number of carbonyl (C=O) groups is 1. The molecule has 1 amide bonds. The van der Waals surface area contributed by atoms with Crippen molar-refractivity contribution in [2.75, 3.05) is 19.6 Å². The van der Waals surface area contributed by atoms with Crippen molar-refractivity contribution >= 4 is 21.8 Å². The molecule has 0 spiro atoms. The second kappa shape index (κ2) is 7.75. The third kappa shape index (κ3) is 4.21. The van der Waals surface area contributed by atoms with Gasteiger partial charge in [-0.2, -0.15) is 0 Å². The second-order valence-electron chi connectivity index (χ2n) is 5.89. The van der Waals surface area contributed by atoms with Gasteiger partial charge in [-0.1, -0.05) is 46.3 Å². The van der Waals surface area contributed by atoms with Gasteiger partial charge in [0.15, 0.2) is 0 Å². The number of nitrogens with one attached hydrogen (secondary N) is 1. The van der Waals surface area contributed by atoms with E-state index in [9.17, 15) is 4.79 Å². The number of carbonyl (C=O) groups excluding carboxylic acids is 1. The van der Waals surface area contributed by atoms with Gasteiger partial charge in [0, 0.05) is 16.6 Å². The molecule has 1 fully saturated rings. The molecule has 0 bridgehead atoms. The lowest BCUT2D eigenvalue weighted by Gasteiger charge is -2.28. The van der Waals surface area contributed by atoms with Crippen LogP contribution in [0, 0.1) is 0 Å². The fourth-order valence-electron chi connectivity index (χ4n) is 3.08. The first-order chi connectivity index (χ1) is 11.2. The molecular weight excluding hydrogens is 352 g/mol. The lowest BCUT2D eigenvalue weighted by molar-refractivity contribution is 0.0938. The lowest BCUT2D eigenvalue weighted by atomic mass is 10.1. The summed E-state index contributed by atoms with van der Waals surface area (Å²) in [6.45, 7) is 2.85. The smallest absolute Gasteiger partial charge is 0.251 e. The summed E-state index contributed by atoms with van der Waals surface area (Å²) >= 11 is 3.39. The molecule has 0 unspecified atom stereocenters. The number of benzene rings is 2. The van der Waals surface area contributed by atoms with Gasteiger partial charge in [-0.15, -0.1) is 0 Å². The van der Waals surface area contributed by atoms with Crippen molar-refractivity contribution in [2.45, 2.75) is 18.9 Å². The molecule has 1 aliphatic rings. The van der Waals surface area contributed by atoms with E-state index in [1.165, 1.54) is 18.4 Å². The van der Waals surface area contributed by atoms with E-state index in [0.717, 1.165) is 17.6 Å². The fraction of sp³-hybridized carbons (Fsp3) is 0.316. The van der Waals surface area contributed by atoms with E-state index < -0.39 is 0 Å². The van der Waals surface area contributed by atoms with Crippen molar-refractivity contribution in [3.63, 3.8) is 0 Å². The Kier molecular flexibility index (Phi) is 5.47. The number of likely N-dealkylation sites (tertiary alicyclic amines) is 1. The van der Waals surface area contributed by atoms with E-state index in [4.69, 9.17) is 0 Å². The molecule has 23 heavy (non-hydrogen) atoms. The number of hydrogen-bond acceptors (Lipinski definition) is 2. The van der Waals surface area contributed by atoms with Crippen LogP contribution < -0.4 is 5.32 Å². The zero-order valence-electron chi connectivity index (χ0n) is 13.0. The molecule has 4 heteroatoms. The topological polar surface area (TPSA) is 32.3 Å². The summed E-state index contributed by atoms with van der Waals surface area (Å²) in [6.07, 6.45) is 2.48. The Morgan fingerprint density at radius 2 is 1.70 bits per heavy atom. The summed E-state index contributed by atoms with van der Waals surface area (Å²) in [5.74, 6) is -0.0161. The highest BCUT2D eigenvalue weighted by Gasteiger charge is 2.23. The first kappa shape index (κ1) is 16.2. The minimum atomic E-state index is -0.0161. The van der Waals surface area contributed by atoms with Crippen LogP contribution in [0.25, 0.3) is 0 Å². The van der Waals surface area contributed by atoms with Crippen molar-refractivity contribution in [1.82, 2.24) is 10.2 Å². The number of halogens is 1. The highest BCUT2D eigenvalue weighted by Crippen LogP contribution is 2.24. The first-order valence-corrected chi connectivity index (χ1v) is 8.86.